The molecular formula is C13H9BrN2O5. The molecule has 1 aromatic carbocycles. The number of carboxylic acid groups (broad SMARTS) is 1. The number of hydrogen-bond acceptors (Lipinski definition) is 4. The largest absolute Gasteiger partial charge is 0.478 e. The average Bonchev–Trinajstić information content (AvgIpc) is 2.42. The normalized spacial score (nSPS) is 10.3. The summed E-state index contributed by atoms with van der Waals surface area (Å²) in [5.41, 5.74) is -0.323. The molecule has 0 bridgehead atoms. The first-order chi connectivity index (χ1) is 9.88. The summed E-state index contributed by atoms with van der Waals surface area (Å²) >= 11 is 3.14. The fourth-order valence-electron chi connectivity index (χ4n) is 1.81. The van der Waals surface area contributed by atoms with Crippen LogP contribution in [0.2, 0.25) is 0 Å². The highest BCUT2D eigenvalue weighted by Crippen LogP contribution is 2.24. The van der Waals surface area contributed by atoms with Crippen LogP contribution < -0.4 is 5.56 Å². The van der Waals surface area contributed by atoms with Crippen LogP contribution in [0, 0.1) is 10.1 Å². The summed E-state index contributed by atoms with van der Waals surface area (Å²) in [6.07, 6.45) is 1.16. The van der Waals surface area contributed by atoms with E-state index in [1.54, 1.807) is 6.07 Å². The number of benzene rings is 1. The fourth-order valence-corrected chi connectivity index (χ4v) is 2.15. The van der Waals surface area contributed by atoms with Crippen LogP contribution in [0.3, 0.4) is 0 Å². The third-order valence-corrected chi connectivity index (χ3v) is 3.31. The molecule has 2 rings (SSSR count). The zero-order valence-corrected chi connectivity index (χ0v) is 12.1. The second-order valence-electron chi connectivity index (χ2n) is 4.22. The molecule has 1 aromatic heterocycles. The smallest absolute Gasteiger partial charge is 0.337 e. The number of hydrogen-bond donors (Lipinski definition) is 1. The SMILES string of the molecule is O=C(O)c1ccc(=O)n(Cc2ccc(Br)cc2[N+](=O)[O-])c1. The molecule has 0 radical (unpaired) electrons. The summed E-state index contributed by atoms with van der Waals surface area (Å²) in [4.78, 5) is 33.1. The van der Waals surface area contributed by atoms with Crippen LogP contribution >= 0.6 is 15.9 Å². The van der Waals surface area contributed by atoms with Gasteiger partial charge in [-0.1, -0.05) is 15.9 Å². The Morgan fingerprint density at radius 3 is 2.67 bits per heavy atom. The minimum Gasteiger partial charge on any atom is -0.478 e. The lowest BCUT2D eigenvalue weighted by molar-refractivity contribution is -0.385. The molecule has 1 N–H and O–H groups in total. The van der Waals surface area contributed by atoms with E-state index in [1.807, 2.05) is 0 Å². The molecule has 0 aliphatic rings. The summed E-state index contributed by atoms with van der Waals surface area (Å²) in [5.74, 6) is -1.17. The molecule has 0 spiro atoms. The van der Waals surface area contributed by atoms with Crippen LogP contribution in [-0.2, 0) is 6.54 Å². The highest BCUT2D eigenvalue weighted by Gasteiger charge is 2.15. The molecule has 21 heavy (non-hydrogen) atoms. The van der Waals surface area contributed by atoms with E-state index in [1.165, 1.54) is 18.2 Å². The molecule has 0 fully saturated rings. The van der Waals surface area contributed by atoms with E-state index in [9.17, 15) is 19.7 Å². The Kier molecular flexibility index (Phi) is 4.18. The molecule has 0 unspecified atom stereocenters. The molecule has 1 heterocycles. The Hall–Kier alpha value is -2.48. The van der Waals surface area contributed by atoms with Gasteiger partial charge in [0, 0.05) is 28.4 Å². The number of rotatable bonds is 4. The second kappa shape index (κ2) is 5.88. The van der Waals surface area contributed by atoms with Crippen molar-refractivity contribution >= 4 is 27.6 Å². The molecule has 0 aliphatic carbocycles. The van der Waals surface area contributed by atoms with Crippen molar-refractivity contribution < 1.29 is 14.8 Å². The molecule has 0 amide bonds. The van der Waals surface area contributed by atoms with Crippen molar-refractivity contribution in [2.75, 3.05) is 0 Å². The molecule has 0 saturated heterocycles. The lowest BCUT2D eigenvalue weighted by Gasteiger charge is -2.07. The number of halogens is 1. The summed E-state index contributed by atoms with van der Waals surface area (Å²) in [5, 5.41) is 19.9. The van der Waals surface area contributed by atoms with E-state index >= 15 is 0 Å². The van der Waals surface area contributed by atoms with Gasteiger partial charge < -0.3 is 9.67 Å². The average molecular weight is 353 g/mol. The van der Waals surface area contributed by atoms with Crippen molar-refractivity contribution in [3.05, 3.63) is 72.6 Å². The van der Waals surface area contributed by atoms with Crippen molar-refractivity contribution in [1.29, 1.82) is 0 Å². The van der Waals surface area contributed by atoms with Gasteiger partial charge in [0.05, 0.1) is 17.0 Å². The van der Waals surface area contributed by atoms with Crippen LogP contribution in [0.15, 0.2) is 45.8 Å². The first kappa shape index (κ1) is 14.9. The minimum absolute atomic E-state index is 0.0608. The third-order valence-electron chi connectivity index (χ3n) is 2.82. The Morgan fingerprint density at radius 2 is 2.05 bits per heavy atom. The number of nitro benzene ring substituents is 1. The first-order valence-corrected chi connectivity index (χ1v) is 6.54. The quantitative estimate of drug-likeness (QED) is 0.671. The van der Waals surface area contributed by atoms with Crippen molar-refractivity contribution in [1.82, 2.24) is 4.57 Å². The summed E-state index contributed by atoms with van der Waals surface area (Å²) in [7, 11) is 0. The minimum atomic E-state index is -1.17. The zero-order chi connectivity index (χ0) is 15.6. The topological polar surface area (TPSA) is 102 Å². The van der Waals surface area contributed by atoms with Gasteiger partial charge in [-0.15, -0.1) is 0 Å². The standard InChI is InChI=1S/C13H9BrN2O5/c14-10-3-1-8(11(5-10)16(20)21)6-15-7-9(13(18)19)2-4-12(15)17/h1-5,7H,6H2,(H,18,19). The van der Waals surface area contributed by atoms with Gasteiger partial charge in [0.1, 0.15) is 0 Å². The Morgan fingerprint density at radius 1 is 1.33 bits per heavy atom. The van der Waals surface area contributed by atoms with Crippen LogP contribution in [0.5, 0.6) is 0 Å². The lowest BCUT2D eigenvalue weighted by atomic mass is 10.1. The van der Waals surface area contributed by atoms with Crippen LogP contribution in [0.25, 0.3) is 0 Å². The van der Waals surface area contributed by atoms with Crippen molar-refractivity contribution in [2.24, 2.45) is 0 Å². The van der Waals surface area contributed by atoms with Gasteiger partial charge in [0.15, 0.2) is 0 Å². The van der Waals surface area contributed by atoms with E-state index < -0.39 is 16.5 Å². The molecule has 0 atom stereocenters. The third kappa shape index (κ3) is 3.34. The fraction of sp³-hybridized carbons (Fsp3) is 0.0769. The number of nitrogens with zero attached hydrogens (tertiary/aromatic N) is 2. The van der Waals surface area contributed by atoms with Crippen molar-refractivity contribution in [3.63, 3.8) is 0 Å². The van der Waals surface area contributed by atoms with Crippen LogP contribution in [0.4, 0.5) is 5.69 Å². The highest BCUT2D eigenvalue weighted by atomic mass is 79.9. The maximum absolute atomic E-state index is 11.7. The Balaban J connectivity index is 2.48. The predicted octanol–water partition coefficient (Wildman–Crippen LogP) is 2.27. The van der Waals surface area contributed by atoms with E-state index in [-0.39, 0.29) is 17.8 Å². The molecular weight excluding hydrogens is 344 g/mol. The monoisotopic (exact) mass is 352 g/mol. The van der Waals surface area contributed by atoms with Gasteiger partial charge in [0.2, 0.25) is 0 Å². The number of nitro groups is 1. The number of carbonyl (C=O) groups is 1. The van der Waals surface area contributed by atoms with Crippen molar-refractivity contribution in [2.45, 2.75) is 6.54 Å². The summed E-state index contributed by atoms with van der Waals surface area (Å²) < 4.78 is 1.67. The maximum Gasteiger partial charge on any atom is 0.337 e. The van der Waals surface area contributed by atoms with Crippen LogP contribution in [0.1, 0.15) is 15.9 Å². The van der Waals surface area contributed by atoms with Crippen molar-refractivity contribution in [3.8, 4) is 0 Å². The highest BCUT2D eigenvalue weighted by molar-refractivity contribution is 9.10. The number of aromatic nitrogens is 1. The van der Waals surface area contributed by atoms with E-state index in [0.29, 0.717) is 10.0 Å². The maximum atomic E-state index is 11.7. The van der Waals surface area contributed by atoms with Gasteiger partial charge >= 0.3 is 5.97 Å². The first-order valence-electron chi connectivity index (χ1n) is 5.75. The summed E-state index contributed by atoms with van der Waals surface area (Å²) in [6, 6.07) is 6.78. The van der Waals surface area contributed by atoms with E-state index in [4.69, 9.17) is 5.11 Å². The van der Waals surface area contributed by atoms with E-state index in [2.05, 4.69) is 15.9 Å². The van der Waals surface area contributed by atoms with Gasteiger partial charge in [-0.05, 0) is 18.2 Å². The Bertz CT molecular complexity index is 784. The van der Waals surface area contributed by atoms with Gasteiger partial charge in [-0.25, -0.2) is 4.79 Å². The Labute approximate surface area is 126 Å². The number of pyridine rings is 1. The molecule has 8 heteroatoms. The van der Waals surface area contributed by atoms with Gasteiger partial charge in [-0.2, -0.15) is 0 Å². The van der Waals surface area contributed by atoms with Gasteiger partial charge in [-0.3, -0.25) is 14.9 Å². The molecule has 108 valence electrons. The molecule has 0 aliphatic heterocycles. The predicted molar refractivity (Wildman–Crippen MR) is 77.6 cm³/mol. The second-order valence-corrected chi connectivity index (χ2v) is 5.13. The lowest BCUT2D eigenvalue weighted by Crippen LogP contribution is -2.21. The van der Waals surface area contributed by atoms with E-state index in [0.717, 1.165) is 16.8 Å². The number of aromatic carboxylic acids is 1. The zero-order valence-electron chi connectivity index (χ0n) is 10.5. The van der Waals surface area contributed by atoms with Crippen LogP contribution in [-0.4, -0.2) is 20.6 Å². The summed E-state index contributed by atoms with van der Waals surface area (Å²) in [6.45, 7) is -0.0798. The molecule has 7 nitrogen and oxygen atoms in total. The number of carboxylic acids is 1. The van der Waals surface area contributed by atoms with Gasteiger partial charge in [0.25, 0.3) is 11.2 Å². The molecule has 2 aromatic rings. The molecule has 0 saturated carbocycles.